The van der Waals surface area contributed by atoms with Gasteiger partial charge in [-0.15, -0.1) is 0 Å². The van der Waals surface area contributed by atoms with E-state index < -0.39 is 11.6 Å². The number of carbonyl (C=O) groups is 2. The summed E-state index contributed by atoms with van der Waals surface area (Å²) in [5.41, 5.74) is 0.913. The second kappa shape index (κ2) is 6.38. The largest absolute Gasteiger partial charge is 0.480 e. The molecule has 0 radical (unpaired) electrons. The number of aromatic nitrogens is 2. The number of carbonyl (C=O) groups excluding carboxylic acids is 1. The molecule has 1 aliphatic rings. The maximum atomic E-state index is 12.5. The molecule has 2 heterocycles. The Morgan fingerprint density at radius 1 is 1.32 bits per heavy atom. The van der Waals surface area contributed by atoms with Crippen LogP contribution in [-0.4, -0.2) is 43.8 Å². The maximum Gasteiger partial charge on any atom is 0.410 e. The van der Waals surface area contributed by atoms with Crippen molar-refractivity contribution in [3.05, 3.63) is 30.1 Å². The lowest BCUT2D eigenvalue weighted by atomic mass is 10.2. The van der Waals surface area contributed by atoms with Crippen molar-refractivity contribution in [2.24, 2.45) is 0 Å². The highest BCUT2D eigenvalue weighted by molar-refractivity contribution is 5.79. The number of fused-ring (bicyclic) bond motifs is 1. The number of aliphatic carboxylic acids is 1. The number of hydrogen-bond donors (Lipinski definition) is 1. The standard InChI is InChI=1S/C18H23N3O4/c1-18(2,3)25-17(24)20-10-6-9-14(20)16-19-12-7-4-5-8-13(12)21(16)11-15(22)23/h4-5,7-8,14H,6,9-11H2,1-3H3,(H,22,23). The fraction of sp³-hybridized carbons (Fsp3) is 0.500. The summed E-state index contributed by atoms with van der Waals surface area (Å²) in [7, 11) is 0. The number of hydrogen-bond acceptors (Lipinski definition) is 4. The number of rotatable bonds is 3. The number of carboxylic acid groups (broad SMARTS) is 1. The SMILES string of the molecule is CC(C)(C)OC(=O)N1CCCC1c1nc2ccccc2n1CC(=O)O. The van der Waals surface area contributed by atoms with Crippen LogP contribution in [0.15, 0.2) is 24.3 Å². The molecule has 0 spiro atoms. The van der Waals surface area contributed by atoms with Gasteiger partial charge in [-0.1, -0.05) is 12.1 Å². The van der Waals surface area contributed by atoms with Crippen LogP contribution in [-0.2, 0) is 16.1 Å². The van der Waals surface area contributed by atoms with Crippen molar-refractivity contribution in [1.82, 2.24) is 14.5 Å². The van der Waals surface area contributed by atoms with E-state index in [1.165, 1.54) is 0 Å². The van der Waals surface area contributed by atoms with Crippen molar-refractivity contribution in [3.63, 3.8) is 0 Å². The van der Waals surface area contributed by atoms with Gasteiger partial charge in [0, 0.05) is 6.54 Å². The third kappa shape index (κ3) is 3.60. The van der Waals surface area contributed by atoms with Crippen LogP contribution in [0.5, 0.6) is 0 Å². The predicted molar refractivity (Wildman–Crippen MR) is 92.3 cm³/mol. The van der Waals surface area contributed by atoms with Gasteiger partial charge in [-0.2, -0.15) is 0 Å². The average Bonchev–Trinajstić information content (AvgIpc) is 3.10. The summed E-state index contributed by atoms with van der Waals surface area (Å²) in [6.07, 6.45) is 1.19. The van der Waals surface area contributed by atoms with Gasteiger partial charge in [0.05, 0.1) is 17.1 Å². The van der Waals surface area contributed by atoms with Crippen LogP contribution in [0.2, 0.25) is 0 Å². The molecule has 1 atom stereocenters. The van der Waals surface area contributed by atoms with Crippen molar-refractivity contribution < 1.29 is 19.4 Å². The van der Waals surface area contributed by atoms with Crippen LogP contribution in [0.3, 0.4) is 0 Å². The monoisotopic (exact) mass is 345 g/mol. The Bertz CT molecular complexity index is 806. The number of ether oxygens (including phenoxy) is 1. The van der Waals surface area contributed by atoms with Gasteiger partial charge in [-0.3, -0.25) is 9.69 Å². The molecule has 1 amide bonds. The van der Waals surface area contributed by atoms with Gasteiger partial charge in [0.25, 0.3) is 0 Å². The zero-order valence-corrected chi connectivity index (χ0v) is 14.7. The van der Waals surface area contributed by atoms with E-state index in [9.17, 15) is 14.7 Å². The van der Waals surface area contributed by atoms with E-state index in [1.807, 2.05) is 45.0 Å². The minimum atomic E-state index is -0.939. The molecule has 2 aromatic rings. The Balaban J connectivity index is 1.99. The van der Waals surface area contributed by atoms with Crippen molar-refractivity contribution in [2.75, 3.05) is 6.54 Å². The van der Waals surface area contributed by atoms with Crippen LogP contribution in [0, 0.1) is 0 Å². The summed E-state index contributed by atoms with van der Waals surface area (Å²) in [4.78, 5) is 30.2. The van der Waals surface area contributed by atoms with Gasteiger partial charge in [0.15, 0.2) is 0 Å². The summed E-state index contributed by atoms with van der Waals surface area (Å²) < 4.78 is 7.19. The molecule has 1 fully saturated rings. The Morgan fingerprint density at radius 3 is 2.72 bits per heavy atom. The molecule has 1 aliphatic heterocycles. The summed E-state index contributed by atoms with van der Waals surface area (Å²) in [6.45, 7) is 5.88. The van der Waals surface area contributed by atoms with Crippen molar-refractivity contribution in [1.29, 1.82) is 0 Å². The van der Waals surface area contributed by atoms with Gasteiger partial charge in [0.1, 0.15) is 18.0 Å². The third-order valence-corrected chi connectivity index (χ3v) is 4.16. The molecule has 0 saturated carbocycles. The van der Waals surface area contributed by atoms with E-state index >= 15 is 0 Å². The molecule has 1 N–H and O–H groups in total. The first-order valence-corrected chi connectivity index (χ1v) is 8.43. The molecule has 1 aromatic heterocycles. The molecule has 25 heavy (non-hydrogen) atoms. The average molecular weight is 345 g/mol. The highest BCUT2D eigenvalue weighted by Crippen LogP contribution is 2.34. The van der Waals surface area contributed by atoms with Crippen molar-refractivity contribution in [3.8, 4) is 0 Å². The van der Waals surface area contributed by atoms with Crippen molar-refractivity contribution in [2.45, 2.75) is 51.8 Å². The lowest BCUT2D eigenvalue weighted by molar-refractivity contribution is -0.137. The smallest absolute Gasteiger partial charge is 0.410 e. The Morgan fingerprint density at radius 2 is 2.04 bits per heavy atom. The predicted octanol–water partition coefficient (Wildman–Crippen LogP) is 3.19. The molecular weight excluding hydrogens is 322 g/mol. The fourth-order valence-corrected chi connectivity index (χ4v) is 3.22. The fourth-order valence-electron chi connectivity index (χ4n) is 3.22. The molecule has 0 bridgehead atoms. The second-order valence-electron chi connectivity index (χ2n) is 7.27. The van der Waals surface area contributed by atoms with Gasteiger partial charge < -0.3 is 14.4 Å². The lowest BCUT2D eigenvalue weighted by Gasteiger charge is -2.28. The zero-order chi connectivity index (χ0) is 18.2. The Kier molecular flexibility index (Phi) is 4.41. The minimum absolute atomic E-state index is 0.186. The number of imidazole rings is 1. The van der Waals surface area contributed by atoms with Crippen molar-refractivity contribution >= 4 is 23.1 Å². The van der Waals surface area contributed by atoms with Gasteiger partial charge in [-0.05, 0) is 45.7 Å². The molecule has 1 saturated heterocycles. The normalized spacial score (nSPS) is 17.9. The number of amides is 1. The molecule has 7 heteroatoms. The van der Waals surface area contributed by atoms with Crippen LogP contribution < -0.4 is 0 Å². The zero-order valence-electron chi connectivity index (χ0n) is 14.7. The number of para-hydroxylation sites is 2. The summed E-state index contributed by atoms with van der Waals surface area (Å²) >= 11 is 0. The molecule has 0 aliphatic carbocycles. The highest BCUT2D eigenvalue weighted by atomic mass is 16.6. The number of carboxylic acids is 1. The Labute approximate surface area is 146 Å². The lowest BCUT2D eigenvalue weighted by Crippen LogP contribution is -2.37. The van der Waals surface area contributed by atoms with Gasteiger partial charge in [-0.25, -0.2) is 9.78 Å². The highest BCUT2D eigenvalue weighted by Gasteiger charge is 2.36. The van der Waals surface area contributed by atoms with Crippen LogP contribution in [0.1, 0.15) is 45.5 Å². The third-order valence-electron chi connectivity index (χ3n) is 4.16. The molecule has 1 unspecified atom stereocenters. The quantitative estimate of drug-likeness (QED) is 0.923. The van der Waals surface area contributed by atoms with Crippen LogP contribution in [0.4, 0.5) is 4.79 Å². The van der Waals surface area contributed by atoms with E-state index in [-0.39, 0.29) is 18.7 Å². The topological polar surface area (TPSA) is 84.7 Å². The minimum Gasteiger partial charge on any atom is -0.480 e. The summed E-state index contributed by atoms with van der Waals surface area (Å²) in [5.74, 6) is -0.335. The Hall–Kier alpha value is -2.57. The second-order valence-corrected chi connectivity index (χ2v) is 7.27. The van der Waals surface area contributed by atoms with Gasteiger partial charge in [0.2, 0.25) is 0 Å². The van der Waals surface area contributed by atoms with Crippen LogP contribution in [0.25, 0.3) is 11.0 Å². The van der Waals surface area contributed by atoms with E-state index in [2.05, 4.69) is 4.98 Å². The first-order valence-electron chi connectivity index (χ1n) is 8.43. The summed E-state index contributed by atoms with van der Waals surface area (Å²) in [6, 6.07) is 7.14. The van der Waals surface area contributed by atoms with E-state index in [0.717, 1.165) is 23.9 Å². The number of likely N-dealkylation sites (tertiary alicyclic amines) is 1. The maximum absolute atomic E-state index is 12.5. The van der Waals surface area contributed by atoms with Crippen LogP contribution >= 0.6 is 0 Å². The number of nitrogens with zero attached hydrogens (tertiary/aromatic N) is 3. The summed E-state index contributed by atoms with van der Waals surface area (Å²) in [5, 5.41) is 9.29. The molecule has 3 rings (SSSR count). The first-order chi connectivity index (χ1) is 11.8. The molecule has 1 aromatic carbocycles. The molecular formula is C18H23N3O4. The first kappa shape index (κ1) is 17.3. The van der Waals surface area contributed by atoms with E-state index in [4.69, 9.17) is 4.74 Å². The van der Waals surface area contributed by atoms with E-state index in [0.29, 0.717) is 12.4 Å². The molecule has 134 valence electrons. The van der Waals surface area contributed by atoms with Gasteiger partial charge >= 0.3 is 12.1 Å². The molecule has 7 nitrogen and oxygen atoms in total. The number of benzene rings is 1. The van der Waals surface area contributed by atoms with E-state index in [1.54, 1.807) is 9.47 Å².